The summed E-state index contributed by atoms with van der Waals surface area (Å²) >= 11 is 0. The number of rotatable bonds is 2. The zero-order chi connectivity index (χ0) is 14.0. The van der Waals surface area contributed by atoms with Gasteiger partial charge in [0.2, 0.25) is 0 Å². The van der Waals surface area contributed by atoms with Crippen LogP contribution in [0.5, 0.6) is 0 Å². The van der Waals surface area contributed by atoms with Gasteiger partial charge in [-0.15, -0.1) is 0 Å². The fraction of sp³-hybridized carbons (Fsp3) is 0.600. The summed E-state index contributed by atoms with van der Waals surface area (Å²) in [7, 11) is 0. The van der Waals surface area contributed by atoms with Gasteiger partial charge >= 0.3 is 6.18 Å². The van der Waals surface area contributed by atoms with E-state index in [1.165, 1.54) is 0 Å². The summed E-state index contributed by atoms with van der Waals surface area (Å²) in [6, 6.07) is 5.32. The molecule has 1 saturated carbocycles. The van der Waals surface area contributed by atoms with Crippen molar-refractivity contribution >= 4 is 5.69 Å². The molecule has 106 valence electrons. The van der Waals surface area contributed by atoms with Gasteiger partial charge in [0.1, 0.15) is 0 Å². The molecule has 1 aliphatic rings. The standard InChI is InChI=1S/C15H20F3N/c1-10-7-8-13(11(2)9-10)19-14-6-4-3-5-12(14)15(16,17)18/h7-9,12,14,19H,3-6H2,1-2H3. The van der Waals surface area contributed by atoms with Crippen LogP contribution in [0.2, 0.25) is 0 Å². The predicted octanol–water partition coefficient (Wildman–Crippen LogP) is 4.84. The largest absolute Gasteiger partial charge is 0.393 e. The highest BCUT2D eigenvalue weighted by molar-refractivity contribution is 5.52. The molecule has 0 bridgehead atoms. The van der Waals surface area contributed by atoms with E-state index < -0.39 is 18.1 Å². The van der Waals surface area contributed by atoms with Crippen LogP contribution in [0.1, 0.15) is 36.8 Å². The number of halogens is 3. The van der Waals surface area contributed by atoms with Crippen LogP contribution in [0.15, 0.2) is 18.2 Å². The molecule has 0 radical (unpaired) electrons. The third-order valence-corrected chi connectivity index (χ3v) is 3.91. The molecule has 0 heterocycles. The van der Waals surface area contributed by atoms with Gasteiger partial charge in [0, 0.05) is 11.7 Å². The summed E-state index contributed by atoms with van der Waals surface area (Å²) in [4.78, 5) is 0. The van der Waals surface area contributed by atoms with Crippen molar-refractivity contribution in [1.82, 2.24) is 0 Å². The molecule has 0 saturated heterocycles. The summed E-state index contributed by atoms with van der Waals surface area (Å²) in [6.07, 6.45) is -1.72. The maximum absolute atomic E-state index is 13.0. The van der Waals surface area contributed by atoms with Gasteiger partial charge in [-0.3, -0.25) is 0 Å². The molecule has 0 amide bonds. The molecule has 2 rings (SSSR count). The third-order valence-electron chi connectivity index (χ3n) is 3.91. The zero-order valence-corrected chi connectivity index (χ0v) is 11.3. The molecule has 1 aromatic rings. The topological polar surface area (TPSA) is 12.0 Å². The van der Waals surface area contributed by atoms with E-state index in [9.17, 15) is 13.2 Å². The van der Waals surface area contributed by atoms with Crippen LogP contribution in [-0.4, -0.2) is 12.2 Å². The number of hydrogen-bond acceptors (Lipinski definition) is 1. The van der Waals surface area contributed by atoms with Crippen molar-refractivity contribution in [2.75, 3.05) is 5.32 Å². The second-order valence-corrected chi connectivity index (χ2v) is 5.50. The summed E-state index contributed by atoms with van der Waals surface area (Å²) in [5.74, 6) is -1.22. The fourth-order valence-electron chi connectivity index (χ4n) is 2.87. The Morgan fingerprint density at radius 2 is 1.79 bits per heavy atom. The lowest BCUT2D eigenvalue weighted by molar-refractivity contribution is -0.184. The average molecular weight is 271 g/mol. The Morgan fingerprint density at radius 3 is 2.42 bits per heavy atom. The van der Waals surface area contributed by atoms with Crippen molar-refractivity contribution in [3.8, 4) is 0 Å². The molecular weight excluding hydrogens is 251 g/mol. The van der Waals surface area contributed by atoms with Crippen LogP contribution in [0.4, 0.5) is 18.9 Å². The lowest BCUT2D eigenvalue weighted by atomic mass is 9.83. The second kappa shape index (κ2) is 5.43. The third kappa shape index (κ3) is 3.43. The summed E-state index contributed by atoms with van der Waals surface area (Å²) < 4.78 is 39.1. The molecular formula is C15H20F3N. The highest BCUT2D eigenvalue weighted by atomic mass is 19.4. The molecule has 0 aromatic heterocycles. The molecule has 2 atom stereocenters. The van der Waals surface area contributed by atoms with Crippen LogP contribution >= 0.6 is 0 Å². The minimum atomic E-state index is -4.10. The Morgan fingerprint density at radius 1 is 1.11 bits per heavy atom. The van der Waals surface area contributed by atoms with E-state index in [-0.39, 0.29) is 6.42 Å². The van der Waals surface area contributed by atoms with Gasteiger partial charge in [0.15, 0.2) is 0 Å². The fourth-order valence-corrected chi connectivity index (χ4v) is 2.87. The monoisotopic (exact) mass is 271 g/mol. The van der Waals surface area contributed by atoms with Crippen LogP contribution in [-0.2, 0) is 0 Å². The molecule has 4 heteroatoms. The quantitative estimate of drug-likeness (QED) is 0.811. The van der Waals surface area contributed by atoms with E-state index >= 15 is 0 Å². The van der Waals surface area contributed by atoms with Gasteiger partial charge in [-0.1, -0.05) is 30.5 Å². The first kappa shape index (κ1) is 14.2. The molecule has 1 fully saturated rings. The maximum atomic E-state index is 13.0. The molecule has 1 aromatic carbocycles. The van der Waals surface area contributed by atoms with Crippen LogP contribution in [0.25, 0.3) is 0 Å². The predicted molar refractivity (Wildman–Crippen MR) is 71.3 cm³/mol. The minimum Gasteiger partial charge on any atom is -0.381 e. The first-order valence-corrected chi connectivity index (χ1v) is 6.78. The van der Waals surface area contributed by atoms with E-state index in [0.717, 1.165) is 23.2 Å². The Labute approximate surface area is 112 Å². The number of hydrogen-bond donors (Lipinski definition) is 1. The summed E-state index contributed by atoms with van der Waals surface area (Å²) in [6.45, 7) is 3.91. The number of nitrogens with one attached hydrogen (secondary N) is 1. The van der Waals surface area contributed by atoms with Crippen LogP contribution < -0.4 is 5.32 Å². The lowest BCUT2D eigenvalue weighted by Gasteiger charge is -2.34. The van der Waals surface area contributed by atoms with Crippen LogP contribution in [0, 0.1) is 19.8 Å². The summed E-state index contributed by atoms with van der Waals surface area (Å²) in [5, 5.41) is 3.11. The molecule has 2 unspecified atom stereocenters. The molecule has 1 aliphatic carbocycles. The van der Waals surface area contributed by atoms with Crippen molar-refractivity contribution in [2.45, 2.75) is 51.7 Å². The Kier molecular flexibility index (Phi) is 4.07. The van der Waals surface area contributed by atoms with Gasteiger partial charge in [0.25, 0.3) is 0 Å². The maximum Gasteiger partial charge on any atom is 0.393 e. The van der Waals surface area contributed by atoms with E-state index in [4.69, 9.17) is 0 Å². The molecule has 1 N–H and O–H groups in total. The van der Waals surface area contributed by atoms with Crippen LogP contribution in [0.3, 0.4) is 0 Å². The van der Waals surface area contributed by atoms with Gasteiger partial charge in [-0.05, 0) is 38.3 Å². The Balaban J connectivity index is 2.15. The number of aryl methyl sites for hydroxylation is 2. The Hall–Kier alpha value is -1.19. The van der Waals surface area contributed by atoms with E-state index in [2.05, 4.69) is 5.32 Å². The second-order valence-electron chi connectivity index (χ2n) is 5.50. The highest BCUT2D eigenvalue weighted by Crippen LogP contribution is 2.39. The first-order chi connectivity index (χ1) is 8.88. The molecule has 1 nitrogen and oxygen atoms in total. The van der Waals surface area contributed by atoms with Gasteiger partial charge in [0.05, 0.1) is 5.92 Å². The number of anilines is 1. The minimum absolute atomic E-state index is 0.242. The normalized spacial score (nSPS) is 24.3. The van der Waals surface area contributed by atoms with Crippen molar-refractivity contribution in [1.29, 1.82) is 0 Å². The smallest absolute Gasteiger partial charge is 0.381 e. The Bertz CT molecular complexity index is 440. The SMILES string of the molecule is Cc1ccc(NC2CCCCC2C(F)(F)F)c(C)c1. The van der Waals surface area contributed by atoms with E-state index in [1.807, 2.05) is 32.0 Å². The zero-order valence-electron chi connectivity index (χ0n) is 11.3. The van der Waals surface area contributed by atoms with E-state index in [0.29, 0.717) is 12.8 Å². The number of alkyl halides is 3. The molecule has 0 aliphatic heterocycles. The molecule has 0 spiro atoms. The van der Waals surface area contributed by atoms with Crippen molar-refractivity contribution in [3.05, 3.63) is 29.3 Å². The van der Waals surface area contributed by atoms with Crippen molar-refractivity contribution in [2.24, 2.45) is 5.92 Å². The highest BCUT2D eigenvalue weighted by Gasteiger charge is 2.45. The van der Waals surface area contributed by atoms with Crippen molar-refractivity contribution in [3.63, 3.8) is 0 Å². The first-order valence-electron chi connectivity index (χ1n) is 6.78. The van der Waals surface area contributed by atoms with E-state index in [1.54, 1.807) is 0 Å². The van der Waals surface area contributed by atoms with Crippen molar-refractivity contribution < 1.29 is 13.2 Å². The van der Waals surface area contributed by atoms with Gasteiger partial charge < -0.3 is 5.32 Å². The number of benzene rings is 1. The average Bonchev–Trinajstić information content (AvgIpc) is 2.32. The van der Waals surface area contributed by atoms with Gasteiger partial charge in [-0.2, -0.15) is 13.2 Å². The summed E-state index contributed by atoms with van der Waals surface area (Å²) in [5.41, 5.74) is 2.96. The lowest BCUT2D eigenvalue weighted by Crippen LogP contribution is -2.41. The van der Waals surface area contributed by atoms with Gasteiger partial charge in [-0.25, -0.2) is 0 Å². The molecule has 19 heavy (non-hydrogen) atoms.